The van der Waals surface area contributed by atoms with Gasteiger partial charge < -0.3 is 10.1 Å². The summed E-state index contributed by atoms with van der Waals surface area (Å²) in [5.74, 6) is -1.08. The summed E-state index contributed by atoms with van der Waals surface area (Å²) >= 11 is 1.17. The van der Waals surface area contributed by atoms with Gasteiger partial charge in [0.25, 0.3) is 11.8 Å². The van der Waals surface area contributed by atoms with E-state index in [1.807, 2.05) is 18.2 Å². The number of thiophene rings is 1. The van der Waals surface area contributed by atoms with Crippen LogP contribution in [0.15, 0.2) is 35.7 Å². The van der Waals surface area contributed by atoms with Crippen LogP contribution in [-0.2, 0) is 11.8 Å². The molecule has 3 rings (SSSR count). The topological polar surface area (TPSA) is 102 Å². The normalized spacial score (nSPS) is 10.5. The van der Waals surface area contributed by atoms with Crippen LogP contribution in [-0.4, -0.2) is 34.3 Å². The second kappa shape index (κ2) is 7.36. The van der Waals surface area contributed by atoms with Crippen molar-refractivity contribution in [3.8, 4) is 0 Å². The Bertz CT molecular complexity index is 992. The lowest BCUT2D eigenvalue weighted by Crippen LogP contribution is -2.31. The maximum atomic E-state index is 12.6. The number of ether oxygens (including phenoxy) is 1. The minimum atomic E-state index is -0.836. The van der Waals surface area contributed by atoms with Gasteiger partial charge in [-0.2, -0.15) is 5.10 Å². The van der Waals surface area contributed by atoms with Gasteiger partial charge in [0, 0.05) is 12.4 Å². The van der Waals surface area contributed by atoms with Crippen LogP contribution in [0.5, 0.6) is 0 Å². The van der Waals surface area contributed by atoms with Gasteiger partial charge in [0.15, 0.2) is 5.69 Å². The number of imide groups is 1. The van der Waals surface area contributed by atoms with Gasteiger partial charge in [-0.3, -0.25) is 19.6 Å². The molecule has 0 aliphatic rings. The molecule has 134 valence electrons. The molecule has 2 N–H and O–H groups in total. The molecular formula is C17H16N4O4S. The van der Waals surface area contributed by atoms with Gasteiger partial charge in [-0.1, -0.05) is 18.2 Å². The molecule has 3 amide bonds. The van der Waals surface area contributed by atoms with Crippen molar-refractivity contribution in [1.29, 1.82) is 0 Å². The molecule has 26 heavy (non-hydrogen) atoms. The van der Waals surface area contributed by atoms with Crippen molar-refractivity contribution in [3.63, 3.8) is 0 Å². The number of anilines is 1. The molecule has 0 aliphatic carbocycles. The number of hydrogen-bond donors (Lipinski definition) is 2. The van der Waals surface area contributed by atoms with Crippen LogP contribution in [0, 0.1) is 0 Å². The highest BCUT2D eigenvalue weighted by molar-refractivity contribution is 7.14. The minimum Gasteiger partial charge on any atom is -0.450 e. The molecule has 0 bridgehead atoms. The molecule has 0 saturated heterocycles. The van der Waals surface area contributed by atoms with Crippen LogP contribution >= 0.6 is 11.3 Å². The molecule has 0 aliphatic heterocycles. The summed E-state index contributed by atoms with van der Waals surface area (Å²) in [6, 6.07) is 8.88. The van der Waals surface area contributed by atoms with Crippen LogP contribution in [0.2, 0.25) is 0 Å². The first-order chi connectivity index (χ1) is 12.5. The summed E-state index contributed by atoms with van der Waals surface area (Å²) in [6.45, 7) is 1.79. The van der Waals surface area contributed by atoms with Crippen molar-refractivity contribution in [1.82, 2.24) is 15.1 Å². The second-order valence-corrected chi connectivity index (χ2v) is 6.20. The van der Waals surface area contributed by atoms with Gasteiger partial charge in [0.05, 0.1) is 17.7 Å². The Balaban J connectivity index is 1.81. The number of hydrogen-bond acceptors (Lipinski definition) is 6. The summed E-state index contributed by atoms with van der Waals surface area (Å²) in [7, 11) is 1.75. The second-order valence-electron chi connectivity index (χ2n) is 5.28. The van der Waals surface area contributed by atoms with Crippen molar-refractivity contribution in [2.45, 2.75) is 6.92 Å². The zero-order chi connectivity index (χ0) is 18.7. The first-order valence-corrected chi connectivity index (χ1v) is 8.68. The fourth-order valence-electron chi connectivity index (χ4n) is 2.46. The lowest BCUT2D eigenvalue weighted by atomic mass is 10.2. The highest BCUT2D eigenvalue weighted by Gasteiger charge is 2.21. The van der Waals surface area contributed by atoms with Gasteiger partial charge >= 0.3 is 6.09 Å². The molecule has 9 heteroatoms. The first kappa shape index (κ1) is 17.6. The number of carbonyl (C=O) groups excluding carboxylic acids is 3. The number of carbonyl (C=O) groups is 3. The highest BCUT2D eigenvalue weighted by Crippen LogP contribution is 2.25. The van der Waals surface area contributed by atoms with E-state index in [1.165, 1.54) is 17.4 Å². The molecule has 8 nitrogen and oxygen atoms in total. The van der Waals surface area contributed by atoms with Crippen LogP contribution in [0.1, 0.15) is 27.8 Å². The number of aryl methyl sites for hydroxylation is 1. The summed E-state index contributed by atoms with van der Waals surface area (Å²) < 4.78 is 6.30. The number of alkyl carbamates (subject to hydrolysis) is 1. The highest BCUT2D eigenvalue weighted by atomic mass is 32.1. The van der Waals surface area contributed by atoms with Crippen molar-refractivity contribution in [2.75, 3.05) is 11.9 Å². The Morgan fingerprint density at radius 1 is 1.19 bits per heavy atom. The Morgan fingerprint density at radius 3 is 2.73 bits per heavy atom. The average molecular weight is 372 g/mol. The predicted octanol–water partition coefficient (Wildman–Crippen LogP) is 2.77. The van der Waals surface area contributed by atoms with E-state index >= 15 is 0 Å². The number of amides is 3. The van der Waals surface area contributed by atoms with E-state index < -0.39 is 17.9 Å². The molecule has 2 aromatic heterocycles. The fourth-order valence-corrected chi connectivity index (χ4v) is 3.24. The van der Waals surface area contributed by atoms with Gasteiger partial charge in [0.2, 0.25) is 0 Å². The monoisotopic (exact) mass is 372 g/mol. The van der Waals surface area contributed by atoms with E-state index in [2.05, 4.69) is 20.5 Å². The largest absolute Gasteiger partial charge is 0.450 e. The molecule has 1 aromatic carbocycles. The Hall–Kier alpha value is -3.20. The maximum absolute atomic E-state index is 12.6. The standard InChI is InChI=1S/C17H16N4O4S/c1-3-25-17(24)19-14(22)11-8-9-26-16(11)18-15(23)13-10-6-4-5-7-12(10)21(2)20-13/h4-9H,3H2,1-2H3,(H,18,23)(H,19,22,24). The smallest absolute Gasteiger partial charge is 0.414 e. The average Bonchev–Trinajstić information content (AvgIpc) is 3.20. The third kappa shape index (κ3) is 3.42. The number of para-hydroxylation sites is 1. The minimum absolute atomic E-state index is 0.152. The predicted molar refractivity (Wildman–Crippen MR) is 97.5 cm³/mol. The zero-order valence-electron chi connectivity index (χ0n) is 14.1. The van der Waals surface area contributed by atoms with Gasteiger partial charge in [-0.05, 0) is 24.4 Å². The molecule has 0 fully saturated rings. The fraction of sp³-hybridized carbons (Fsp3) is 0.176. The molecule has 0 atom stereocenters. The number of benzene rings is 1. The van der Waals surface area contributed by atoms with E-state index in [9.17, 15) is 14.4 Å². The van der Waals surface area contributed by atoms with E-state index in [4.69, 9.17) is 0 Å². The van der Waals surface area contributed by atoms with Gasteiger partial charge in [0.1, 0.15) is 5.00 Å². The van der Waals surface area contributed by atoms with Crippen LogP contribution in [0.4, 0.5) is 9.80 Å². The van der Waals surface area contributed by atoms with Crippen LogP contribution in [0.25, 0.3) is 10.9 Å². The summed E-state index contributed by atoms with van der Waals surface area (Å²) in [5, 5.41) is 11.7. The Morgan fingerprint density at radius 2 is 1.96 bits per heavy atom. The Labute approximate surface area is 152 Å². The summed E-state index contributed by atoms with van der Waals surface area (Å²) in [4.78, 5) is 36.2. The van der Waals surface area contributed by atoms with E-state index in [1.54, 1.807) is 30.1 Å². The number of nitrogens with one attached hydrogen (secondary N) is 2. The molecule has 2 heterocycles. The van der Waals surface area contributed by atoms with E-state index in [-0.39, 0.29) is 17.9 Å². The molecular weight excluding hydrogens is 356 g/mol. The molecule has 0 spiro atoms. The molecule has 0 radical (unpaired) electrons. The van der Waals surface area contributed by atoms with Gasteiger partial charge in [-0.25, -0.2) is 4.79 Å². The zero-order valence-corrected chi connectivity index (χ0v) is 14.9. The SMILES string of the molecule is CCOC(=O)NC(=O)c1ccsc1NC(=O)c1nn(C)c2ccccc12. The molecule has 0 unspecified atom stereocenters. The number of nitrogens with zero attached hydrogens (tertiary/aromatic N) is 2. The van der Waals surface area contributed by atoms with E-state index in [0.717, 1.165) is 5.52 Å². The summed E-state index contributed by atoms with van der Waals surface area (Å²) in [5.41, 5.74) is 1.26. The van der Waals surface area contributed by atoms with Crippen LogP contribution in [0.3, 0.4) is 0 Å². The molecule has 0 saturated carbocycles. The first-order valence-electron chi connectivity index (χ1n) is 7.80. The van der Waals surface area contributed by atoms with Gasteiger partial charge in [-0.15, -0.1) is 11.3 Å². The van der Waals surface area contributed by atoms with Crippen LogP contribution < -0.4 is 10.6 Å². The van der Waals surface area contributed by atoms with Crippen molar-refractivity contribution in [3.05, 3.63) is 47.0 Å². The summed E-state index contributed by atoms with van der Waals surface area (Å²) in [6.07, 6.45) is -0.836. The number of fused-ring (bicyclic) bond motifs is 1. The number of rotatable bonds is 4. The van der Waals surface area contributed by atoms with Crippen molar-refractivity contribution >= 4 is 45.1 Å². The maximum Gasteiger partial charge on any atom is 0.414 e. The lowest BCUT2D eigenvalue weighted by molar-refractivity contribution is 0.0926. The lowest BCUT2D eigenvalue weighted by Gasteiger charge is -2.06. The quantitative estimate of drug-likeness (QED) is 0.733. The Kier molecular flexibility index (Phi) is 4.99. The van der Waals surface area contributed by atoms with Crippen molar-refractivity contribution < 1.29 is 19.1 Å². The number of aromatic nitrogens is 2. The van der Waals surface area contributed by atoms with E-state index in [0.29, 0.717) is 10.4 Å². The molecule has 3 aromatic rings. The third-order valence-corrected chi connectivity index (χ3v) is 4.43. The third-order valence-electron chi connectivity index (χ3n) is 3.60. The van der Waals surface area contributed by atoms with Crippen molar-refractivity contribution in [2.24, 2.45) is 7.05 Å².